The quantitative estimate of drug-likeness (QED) is 0.260. The van der Waals surface area contributed by atoms with Crippen molar-refractivity contribution in [3.05, 3.63) is 93.5 Å². The lowest BCUT2D eigenvalue weighted by atomic mass is 10.2. The topological polar surface area (TPSA) is 79.6 Å². The summed E-state index contributed by atoms with van der Waals surface area (Å²) in [7, 11) is 0. The SMILES string of the molecule is Cc1ccc(NC(=Nc2ccc([N+](=O)[O-])cc2)Nc2ccc(Cl)cc2)cc1. The van der Waals surface area contributed by atoms with E-state index in [2.05, 4.69) is 15.6 Å². The van der Waals surface area contributed by atoms with Gasteiger partial charge in [0.25, 0.3) is 5.69 Å². The van der Waals surface area contributed by atoms with Crippen LogP contribution in [0.4, 0.5) is 22.7 Å². The molecule has 0 radical (unpaired) electrons. The second kappa shape index (κ2) is 8.33. The van der Waals surface area contributed by atoms with Crippen molar-refractivity contribution in [3.63, 3.8) is 0 Å². The van der Waals surface area contributed by atoms with Crippen LogP contribution in [-0.2, 0) is 0 Å². The molecular formula is C20H17ClN4O2. The number of aryl methyl sites for hydroxylation is 1. The first-order valence-electron chi connectivity index (χ1n) is 8.19. The molecule has 0 saturated heterocycles. The van der Waals surface area contributed by atoms with Gasteiger partial charge >= 0.3 is 0 Å². The molecule has 6 nitrogen and oxygen atoms in total. The Morgan fingerprint density at radius 3 is 1.93 bits per heavy atom. The van der Waals surface area contributed by atoms with Crippen LogP contribution in [0.15, 0.2) is 77.8 Å². The second-order valence-electron chi connectivity index (χ2n) is 5.86. The smallest absolute Gasteiger partial charge is 0.269 e. The second-order valence-corrected chi connectivity index (χ2v) is 6.29. The Kier molecular flexibility index (Phi) is 5.68. The van der Waals surface area contributed by atoms with Gasteiger partial charge in [0.2, 0.25) is 5.96 Å². The zero-order valence-electron chi connectivity index (χ0n) is 14.5. The lowest BCUT2D eigenvalue weighted by Gasteiger charge is -2.13. The van der Waals surface area contributed by atoms with Crippen LogP contribution in [0.1, 0.15) is 5.56 Å². The van der Waals surface area contributed by atoms with Crippen molar-refractivity contribution < 1.29 is 4.92 Å². The van der Waals surface area contributed by atoms with Crippen molar-refractivity contribution in [2.45, 2.75) is 6.92 Å². The molecule has 0 atom stereocenters. The van der Waals surface area contributed by atoms with Gasteiger partial charge in [0, 0.05) is 28.5 Å². The molecule has 0 spiro atoms. The third-order valence-corrected chi connectivity index (χ3v) is 3.97. The number of hydrogen-bond acceptors (Lipinski definition) is 3. The molecule has 3 aromatic rings. The maximum absolute atomic E-state index is 10.8. The van der Waals surface area contributed by atoms with E-state index in [9.17, 15) is 10.1 Å². The summed E-state index contributed by atoms with van der Waals surface area (Å²) in [5.74, 6) is 0.482. The fraction of sp³-hybridized carbons (Fsp3) is 0.0500. The number of rotatable bonds is 4. The van der Waals surface area contributed by atoms with E-state index in [1.165, 1.54) is 12.1 Å². The molecule has 0 aliphatic carbocycles. The molecular weight excluding hydrogens is 364 g/mol. The first-order chi connectivity index (χ1) is 13.0. The summed E-state index contributed by atoms with van der Waals surface area (Å²) in [6.45, 7) is 2.02. The highest BCUT2D eigenvalue weighted by Crippen LogP contribution is 2.20. The highest BCUT2D eigenvalue weighted by Gasteiger charge is 2.06. The number of hydrogen-bond donors (Lipinski definition) is 2. The molecule has 0 aliphatic heterocycles. The lowest BCUT2D eigenvalue weighted by Crippen LogP contribution is -2.21. The van der Waals surface area contributed by atoms with Crippen LogP contribution >= 0.6 is 11.6 Å². The highest BCUT2D eigenvalue weighted by molar-refractivity contribution is 6.30. The number of aliphatic imine (C=N–C) groups is 1. The Bertz CT molecular complexity index is 903. The molecule has 0 unspecified atom stereocenters. The monoisotopic (exact) mass is 380 g/mol. The molecule has 136 valence electrons. The maximum atomic E-state index is 10.8. The van der Waals surface area contributed by atoms with Crippen LogP contribution in [0.5, 0.6) is 0 Å². The van der Waals surface area contributed by atoms with Crippen LogP contribution in [0.2, 0.25) is 5.02 Å². The minimum Gasteiger partial charge on any atom is -0.326 e. The summed E-state index contributed by atoms with van der Waals surface area (Å²) in [5, 5.41) is 17.9. The van der Waals surface area contributed by atoms with E-state index in [0.717, 1.165) is 16.9 Å². The largest absolute Gasteiger partial charge is 0.326 e. The van der Waals surface area contributed by atoms with Gasteiger partial charge in [-0.25, -0.2) is 4.99 Å². The molecule has 0 aliphatic rings. The summed E-state index contributed by atoms with van der Waals surface area (Å²) in [4.78, 5) is 14.9. The molecule has 0 amide bonds. The molecule has 7 heteroatoms. The van der Waals surface area contributed by atoms with Gasteiger partial charge in [0.05, 0.1) is 10.6 Å². The number of benzene rings is 3. The molecule has 0 saturated carbocycles. The first-order valence-corrected chi connectivity index (χ1v) is 8.57. The van der Waals surface area contributed by atoms with Gasteiger partial charge in [-0.1, -0.05) is 29.3 Å². The predicted octanol–water partition coefficient (Wildman–Crippen LogP) is 5.77. The minimum atomic E-state index is -0.440. The van der Waals surface area contributed by atoms with Crippen LogP contribution in [0, 0.1) is 17.0 Å². The van der Waals surface area contributed by atoms with Gasteiger partial charge in [-0.2, -0.15) is 0 Å². The zero-order chi connectivity index (χ0) is 19.2. The van der Waals surface area contributed by atoms with Gasteiger partial charge in [-0.15, -0.1) is 0 Å². The van der Waals surface area contributed by atoms with Crippen molar-refractivity contribution >= 4 is 40.3 Å². The number of nitro groups is 1. The summed E-state index contributed by atoms with van der Waals surface area (Å²) >= 11 is 5.93. The van der Waals surface area contributed by atoms with E-state index >= 15 is 0 Å². The van der Waals surface area contributed by atoms with Crippen molar-refractivity contribution in [1.29, 1.82) is 0 Å². The van der Waals surface area contributed by atoms with Crippen LogP contribution in [0.3, 0.4) is 0 Å². The van der Waals surface area contributed by atoms with Crippen LogP contribution in [-0.4, -0.2) is 10.9 Å². The van der Waals surface area contributed by atoms with Gasteiger partial charge in [-0.3, -0.25) is 10.1 Å². The van der Waals surface area contributed by atoms with E-state index in [1.807, 2.05) is 43.3 Å². The Hall–Kier alpha value is -3.38. The van der Waals surface area contributed by atoms with Gasteiger partial charge in [-0.05, 0) is 55.5 Å². The average molecular weight is 381 g/mol. The molecule has 0 fully saturated rings. The Balaban J connectivity index is 1.88. The molecule has 3 aromatic carbocycles. The van der Waals surface area contributed by atoms with Crippen molar-refractivity contribution in [1.82, 2.24) is 0 Å². The number of nitrogens with zero attached hydrogens (tertiary/aromatic N) is 2. The summed E-state index contributed by atoms with van der Waals surface area (Å²) in [6, 6.07) is 21.1. The number of non-ortho nitro benzene ring substituents is 1. The van der Waals surface area contributed by atoms with Crippen molar-refractivity contribution in [2.75, 3.05) is 10.6 Å². The molecule has 27 heavy (non-hydrogen) atoms. The summed E-state index contributed by atoms with van der Waals surface area (Å²) in [6.07, 6.45) is 0. The highest BCUT2D eigenvalue weighted by atomic mass is 35.5. The fourth-order valence-electron chi connectivity index (χ4n) is 2.31. The molecule has 0 bridgehead atoms. The first kappa shape index (κ1) is 18.4. The van der Waals surface area contributed by atoms with Crippen molar-refractivity contribution in [2.24, 2.45) is 4.99 Å². The van der Waals surface area contributed by atoms with Gasteiger partial charge in [0.1, 0.15) is 0 Å². The molecule has 0 aromatic heterocycles. The van der Waals surface area contributed by atoms with Crippen LogP contribution in [0.25, 0.3) is 0 Å². The van der Waals surface area contributed by atoms with E-state index in [1.54, 1.807) is 24.3 Å². The van der Waals surface area contributed by atoms with E-state index in [4.69, 9.17) is 11.6 Å². The van der Waals surface area contributed by atoms with Gasteiger partial charge in [0.15, 0.2) is 0 Å². The van der Waals surface area contributed by atoms with Gasteiger partial charge < -0.3 is 10.6 Å². The molecule has 0 heterocycles. The predicted molar refractivity (Wildman–Crippen MR) is 110 cm³/mol. The third-order valence-electron chi connectivity index (χ3n) is 3.72. The Labute approximate surface area is 161 Å². The molecule has 3 rings (SSSR count). The maximum Gasteiger partial charge on any atom is 0.269 e. The minimum absolute atomic E-state index is 0.0210. The molecule has 2 N–H and O–H groups in total. The fourth-order valence-corrected chi connectivity index (χ4v) is 2.43. The van der Waals surface area contributed by atoms with Crippen LogP contribution < -0.4 is 10.6 Å². The number of nitro benzene ring substituents is 1. The number of nitrogens with one attached hydrogen (secondary N) is 2. The Morgan fingerprint density at radius 1 is 0.889 bits per heavy atom. The Morgan fingerprint density at radius 2 is 1.41 bits per heavy atom. The van der Waals surface area contributed by atoms with E-state index in [-0.39, 0.29) is 5.69 Å². The lowest BCUT2D eigenvalue weighted by molar-refractivity contribution is -0.384. The number of halogens is 1. The normalized spacial score (nSPS) is 11.1. The number of anilines is 2. The average Bonchev–Trinajstić information content (AvgIpc) is 2.66. The number of guanidine groups is 1. The van der Waals surface area contributed by atoms with E-state index < -0.39 is 4.92 Å². The summed E-state index contributed by atoms with van der Waals surface area (Å²) < 4.78 is 0. The standard InChI is InChI=1S/C20H17ClN4O2/c1-14-2-6-16(7-3-14)22-20(23-17-8-4-15(21)5-9-17)24-18-10-12-19(13-11-18)25(26)27/h2-13H,1H3,(H2,22,23,24). The summed E-state index contributed by atoms with van der Waals surface area (Å²) in [5.41, 5.74) is 3.42. The van der Waals surface area contributed by atoms with Crippen molar-refractivity contribution in [3.8, 4) is 0 Å². The van der Waals surface area contributed by atoms with E-state index in [0.29, 0.717) is 16.7 Å². The third kappa shape index (κ3) is 5.29. The zero-order valence-corrected chi connectivity index (χ0v) is 15.3.